The van der Waals surface area contributed by atoms with E-state index in [4.69, 9.17) is 4.74 Å². The van der Waals surface area contributed by atoms with E-state index in [1.807, 2.05) is 26.0 Å². The zero-order valence-corrected chi connectivity index (χ0v) is 15.8. The molecule has 1 N–H and O–H groups in total. The summed E-state index contributed by atoms with van der Waals surface area (Å²) >= 11 is 0. The molecule has 0 saturated heterocycles. The molecule has 0 spiro atoms. The van der Waals surface area contributed by atoms with Gasteiger partial charge in [-0.15, -0.1) is 0 Å². The number of nitrogens with one attached hydrogen (secondary N) is 1. The molecule has 1 aliphatic rings. The summed E-state index contributed by atoms with van der Waals surface area (Å²) in [6, 6.07) is 4.00. The van der Waals surface area contributed by atoms with Gasteiger partial charge < -0.3 is 14.6 Å². The van der Waals surface area contributed by atoms with Crippen LogP contribution in [0, 0.1) is 25.2 Å². The number of carbonyl (C=O) groups is 2. The Kier molecular flexibility index (Phi) is 7.02. The summed E-state index contributed by atoms with van der Waals surface area (Å²) in [4.78, 5) is 24.0. The van der Waals surface area contributed by atoms with Crippen molar-refractivity contribution in [3.63, 3.8) is 0 Å². The van der Waals surface area contributed by atoms with Crippen LogP contribution in [-0.4, -0.2) is 29.1 Å². The minimum absolute atomic E-state index is 0.101. The maximum absolute atomic E-state index is 12.1. The highest BCUT2D eigenvalue weighted by Gasteiger charge is 2.19. The molecule has 1 fully saturated rings. The van der Waals surface area contributed by atoms with Crippen molar-refractivity contribution in [1.82, 2.24) is 9.88 Å². The molecule has 0 unspecified atom stereocenters. The molecule has 1 saturated carbocycles. The number of hydrogen-bond donors (Lipinski definition) is 1. The van der Waals surface area contributed by atoms with E-state index in [-0.39, 0.29) is 24.1 Å². The zero-order valence-electron chi connectivity index (χ0n) is 15.8. The van der Waals surface area contributed by atoms with Crippen LogP contribution in [0.3, 0.4) is 0 Å². The number of ether oxygens (including phenoxy) is 1. The maximum Gasteiger partial charge on any atom is 0.349 e. The average Bonchev–Trinajstić information content (AvgIpc) is 3.21. The number of esters is 1. The Morgan fingerprint density at radius 2 is 2.08 bits per heavy atom. The molecule has 0 radical (unpaired) electrons. The molecule has 1 heterocycles. The van der Waals surface area contributed by atoms with Crippen LogP contribution >= 0.6 is 0 Å². The number of carbonyl (C=O) groups excluding carboxylic acids is 2. The molecule has 0 aromatic carbocycles. The first kappa shape index (κ1) is 19.8. The Morgan fingerprint density at radius 3 is 2.69 bits per heavy atom. The molecule has 26 heavy (non-hydrogen) atoms. The predicted molar refractivity (Wildman–Crippen MR) is 99.1 cm³/mol. The summed E-state index contributed by atoms with van der Waals surface area (Å²) in [5, 5.41) is 12.1. The van der Waals surface area contributed by atoms with Crippen molar-refractivity contribution in [2.24, 2.45) is 0 Å². The first-order valence-electron chi connectivity index (χ1n) is 9.21. The molecule has 1 aromatic heterocycles. The SMILES string of the molecule is CCCn1c(C)cc(C=C(C#N)C(=O)OCC(=O)NC2CCCC2)c1C. The van der Waals surface area contributed by atoms with Crippen molar-refractivity contribution in [3.8, 4) is 6.07 Å². The number of nitrogens with zero attached hydrogens (tertiary/aromatic N) is 2. The van der Waals surface area contributed by atoms with Gasteiger partial charge in [0.2, 0.25) is 0 Å². The third kappa shape index (κ3) is 4.98. The lowest BCUT2D eigenvalue weighted by molar-refractivity contribution is -0.144. The van der Waals surface area contributed by atoms with Crippen LogP contribution in [-0.2, 0) is 20.9 Å². The van der Waals surface area contributed by atoms with Crippen molar-refractivity contribution >= 4 is 18.0 Å². The van der Waals surface area contributed by atoms with Crippen molar-refractivity contribution in [2.75, 3.05) is 6.61 Å². The number of rotatable bonds is 7. The van der Waals surface area contributed by atoms with Gasteiger partial charge in [-0.05, 0) is 50.8 Å². The molecule has 0 atom stereocenters. The maximum atomic E-state index is 12.1. The number of amides is 1. The third-order valence-corrected chi connectivity index (χ3v) is 4.75. The average molecular weight is 357 g/mol. The fourth-order valence-corrected chi connectivity index (χ4v) is 3.38. The topological polar surface area (TPSA) is 84.1 Å². The summed E-state index contributed by atoms with van der Waals surface area (Å²) in [7, 11) is 0. The quantitative estimate of drug-likeness (QED) is 0.462. The van der Waals surface area contributed by atoms with Crippen molar-refractivity contribution < 1.29 is 14.3 Å². The van der Waals surface area contributed by atoms with E-state index in [0.717, 1.165) is 55.6 Å². The summed E-state index contributed by atoms with van der Waals surface area (Å²) in [6.45, 7) is 6.59. The lowest BCUT2D eigenvalue weighted by Gasteiger charge is -2.11. The highest BCUT2D eigenvalue weighted by molar-refractivity contribution is 5.99. The first-order chi connectivity index (χ1) is 12.5. The van der Waals surface area contributed by atoms with E-state index >= 15 is 0 Å². The molecule has 6 heteroatoms. The van der Waals surface area contributed by atoms with Gasteiger partial charge >= 0.3 is 5.97 Å². The van der Waals surface area contributed by atoms with Gasteiger partial charge in [0, 0.05) is 24.0 Å². The highest BCUT2D eigenvalue weighted by Crippen LogP contribution is 2.19. The number of hydrogen-bond acceptors (Lipinski definition) is 4. The van der Waals surface area contributed by atoms with Gasteiger partial charge in [0.1, 0.15) is 11.6 Å². The van der Waals surface area contributed by atoms with Crippen LogP contribution in [0.4, 0.5) is 0 Å². The number of nitriles is 1. The molecular weight excluding hydrogens is 330 g/mol. The molecule has 0 aliphatic heterocycles. The largest absolute Gasteiger partial charge is 0.451 e. The summed E-state index contributed by atoms with van der Waals surface area (Å²) in [6.07, 6.45) is 6.70. The lowest BCUT2D eigenvalue weighted by Crippen LogP contribution is -2.36. The molecule has 1 aliphatic carbocycles. The standard InChI is InChI=1S/C20H27N3O3/c1-4-9-23-14(2)10-16(15(23)3)11-17(12-21)20(25)26-13-19(24)22-18-7-5-6-8-18/h10-11,18H,4-9,13H2,1-3H3,(H,22,24). The van der Waals surface area contributed by atoms with Gasteiger partial charge in [-0.3, -0.25) is 4.79 Å². The highest BCUT2D eigenvalue weighted by atomic mass is 16.5. The summed E-state index contributed by atoms with van der Waals surface area (Å²) in [5.74, 6) is -1.09. The van der Waals surface area contributed by atoms with E-state index in [1.165, 1.54) is 6.08 Å². The second kappa shape index (κ2) is 9.23. The monoisotopic (exact) mass is 357 g/mol. The Bertz CT molecular complexity index is 734. The van der Waals surface area contributed by atoms with Gasteiger partial charge in [0.05, 0.1) is 0 Å². The van der Waals surface area contributed by atoms with Crippen LogP contribution in [0.5, 0.6) is 0 Å². The van der Waals surface area contributed by atoms with Crippen LogP contribution < -0.4 is 5.32 Å². The first-order valence-corrected chi connectivity index (χ1v) is 9.21. The molecule has 6 nitrogen and oxygen atoms in total. The van der Waals surface area contributed by atoms with Crippen LogP contribution in [0.15, 0.2) is 11.6 Å². The fourth-order valence-electron chi connectivity index (χ4n) is 3.38. The third-order valence-electron chi connectivity index (χ3n) is 4.75. The van der Waals surface area contributed by atoms with Gasteiger partial charge in [-0.25, -0.2) is 4.79 Å². The second-order valence-corrected chi connectivity index (χ2v) is 6.77. The van der Waals surface area contributed by atoms with E-state index in [2.05, 4.69) is 16.8 Å². The van der Waals surface area contributed by atoms with E-state index in [9.17, 15) is 14.9 Å². The molecular formula is C20H27N3O3. The fraction of sp³-hybridized carbons (Fsp3) is 0.550. The van der Waals surface area contributed by atoms with Gasteiger partial charge in [-0.2, -0.15) is 5.26 Å². The Labute approximate surface area is 154 Å². The predicted octanol–water partition coefficient (Wildman–Crippen LogP) is 3.02. The van der Waals surface area contributed by atoms with Gasteiger partial charge in [0.15, 0.2) is 6.61 Å². The summed E-state index contributed by atoms with van der Waals surface area (Å²) in [5.41, 5.74) is 2.80. The summed E-state index contributed by atoms with van der Waals surface area (Å²) < 4.78 is 7.17. The smallest absolute Gasteiger partial charge is 0.349 e. The molecule has 2 rings (SSSR count). The molecule has 0 bridgehead atoms. The second-order valence-electron chi connectivity index (χ2n) is 6.77. The van der Waals surface area contributed by atoms with E-state index < -0.39 is 5.97 Å². The Hall–Kier alpha value is -2.55. The van der Waals surface area contributed by atoms with Crippen LogP contribution in [0.1, 0.15) is 56.0 Å². The minimum Gasteiger partial charge on any atom is -0.451 e. The van der Waals surface area contributed by atoms with E-state index in [0.29, 0.717) is 0 Å². The molecule has 140 valence electrons. The lowest BCUT2D eigenvalue weighted by atomic mass is 10.1. The number of aromatic nitrogens is 1. The normalized spacial score (nSPS) is 14.9. The van der Waals surface area contributed by atoms with Crippen LogP contribution in [0.25, 0.3) is 6.08 Å². The van der Waals surface area contributed by atoms with Gasteiger partial charge in [0.25, 0.3) is 5.91 Å². The molecule has 1 aromatic rings. The van der Waals surface area contributed by atoms with Gasteiger partial charge in [-0.1, -0.05) is 19.8 Å². The number of aryl methyl sites for hydroxylation is 1. The van der Waals surface area contributed by atoms with Crippen molar-refractivity contribution in [3.05, 3.63) is 28.6 Å². The van der Waals surface area contributed by atoms with E-state index in [1.54, 1.807) is 0 Å². The minimum atomic E-state index is -0.769. The Morgan fingerprint density at radius 1 is 1.38 bits per heavy atom. The Balaban J connectivity index is 1.99. The molecule has 1 amide bonds. The van der Waals surface area contributed by atoms with Crippen molar-refractivity contribution in [2.45, 2.75) is 65.5 Å². The van der Waals surface area contributed by atoms with Crippen molar-refractivity contribution in [1.29, 1.82) is 5.26 Å². The zero-order chi connectivity index (χ0) is 19.1. The van der Waals surface area contributed by atoms with Crippen LogP contribution in [0.2, 0.25) is 0 Å².